The van der Waals surface area contributed by atoms with Crippen LogP contribution in [0.4, 0.5) is 0 Å². The van der Waals surface area contributed by atoms with Crippen molar-refractivity contribution < 1.29 is 5.11 Å². The van der Waals surface area contributed by atoms with E-state index in [2.05, 4.69) is 17.3 Å². The molecule has 1 aromatic carbocycles. The Morgan fingerprint density at radius 2 is 2.27 bits per heavy atom. The molecule has 15 heavy (non-hydrogen) atoms. The van der Waals surface area contributed by atoms with Crippen molar-refractivity contribution in [2.75, 3.05) is 20.1 Å². The summed E-state index contributed by atoms with van der Waals surface area (Å²) < 4.78 is 0. The number of hydrogen-bond donors (Lipinski definition) is 2. The number of likely N-dealkylation sites (N-methyl/N-ethyl adjacent to an activating group) is 1. The van der Waals surface area contributed by atoms with Gasteiger partial charge in [-0.25, -0.2) is 0 Å². The standard InChI is InChI=1S/C11H15ClN2O/c1-14(10-5-13-6-10)7-8-4-9(12)2-3-11(8)15/h2-4,10,13,15H,5-7H2,1H3. The smallest absolute Gasteiger partial charge is 0.120 e. The van der Waals surface area contributed by atoms with Crippen LogP contribution in [0.25, 0.3) is 0 Å². The molecule has 1 aromatic rings. The molecule has 0 unspecified atom stereocenters. The van der Waals surface area contributed by atoms with Crippen molar-refractivity contribution in [3.63, 3.8) is 0 Å². The monoisotopic (exact) mass is 226 g/mol. The van der Waals surface area contributed by atoms with Gasteiger partial charge in [0.1, 0.15) is 5.75 Å². The average molecular weight is 227 g/mol. The molecular formula is C11H15ClN2O. The van der Waals surface area contributed by atoms with Crippen molar-refractivity contribution in [1.29, 1.82) is 0 Å². The topological polar surface area (TPSA) is 35.5 Å². The first-order chi connectivity index (χ1) is 7.16. The van der Waals surface area contributed by atoms with Crippen LogP contribution in [0.15, 0.2) is 18.2 Å². The van der Waals surface area contributed by atoms with Gasteiger partial charge in [-0.2, -0.15) is 0 Å². The van der Waals surface area contributed by atoms with Crippen LogP contribution in [0.2, 0.25) is 5.02 Å². The van der Waals surface area contributed by atoms with Gasteiger partial charge < -0.3 is 10.4 Å². The lowest BCUT2D eigenvalue weighted by atomic mass is 10.1. The number of benzene rings is 1. The minimum absolute atomic E-state index is 0.318. The summed E-state index contributed by atoms with van der Waals surface area (Å²) in [5.41, 5.74) is 0.886. The number of rotatable bonds is 3. The minimum atomic E-state index is 0.318. The van der Waals surface area contributed by atoms with Gasteiger partial charge in [0.25, 0.3) is 0 Å². The van der Waals surface area contributed by atoms with Crippen molar-refractivity contribution in [3.05, 3.63) is 28.8 Å². The summed E-state index contributed by atoms with van der Waals surface area (Å²) in [6.07, 6.45) is 0. The first-order valence-corrected chi connectivity index (χ1v) is 5.43. The number of aromatic hydroxyl groups is 1. The second-order valence-corrected chi connectivity index (χ2v) is 4.44. The normalized spacial score (nSPS) is 16.7. The summed E-state index contributed by atoms with van der Waals surface area (Å²) in [7, 11) is 2.06. The maximum atomic E-state index is 9.66. The summed E-state index contributed by atoms with van der Waals surface area (Å²) in [5.74, 6) is 0.318. The third-order valence-electron chi connectivity index (χ3n) is 2.84. The predicted molar refractivity (Wildman–Crippen MR) is 61.2 cm³/mol. The molecule has 1 aliphatic rings. The number of phenols is 1. The van der Waals surface area contributed by atoms with E-state index in [1.165, 1.54) is 0 Å². The zero-order chi connectivity index (χ0) is 10.8. The van der Waals surface area contributed by atoms with E-state index in [1.54, 1.807) is 12.1 Å². The maximum absolute atomic E-state index is 9.66. The van der Waals surface area contributed by atoms with Gasteiger partial charge in [-0.05, 0) is 25.2 Å². The van der Waals surface area contributed by atoms with Crippen LogP contribution in [0.3, 0.4) is 0 Å². The molecule has 1 heterocycles. The zero-order valence-electron chi connectivity index (χ0n) is 8.70. The highest BCUT2D eigenvalue weighted by Crippen LogP contribution is 2.23. The lowest BCUT2D eigenvalue weighted by molar-refractivity contribution is 0.171. The molecule has 4 heteroatoms. The molecule has 3 nitrogen and oxygen atoms in total. The van der Waals surface area contributed by atoms with Crippen LogP contribution in [-0.4, -0.2) is 36.2 Å². The Morgan fingerprint density at radius 1 is 1.53 bits per heavy atom. The van der Waals surface area contributed by atoms with Crippen molar-refractivity contribution in [2.45, 2.75) is 12.6 Å². The van der Waals surface area contributed by atoms with Crippen molar-refractivity contribution >= 4 is 11.6 Å². The number of hydrogen-bond acceptors (Lipinski definition) is 3. The van der Waals surface area contributed by atoms with Crippen molar-refractivity contribution in [3.8, 4) is 5.75 Å². The fourth-order valence-corrected chi connectivity index (χ4v) is 1.86. The van der Waals surface area contributed by atoms with E-state index < -0.39 is 0 Å². The molecule has 0 spiro atoms. The van der Waals surface area contributed by atoms with Crippen LogP contribution >= 0.6 is 11.6 Å². The van der Waals surface area contributed by atoms with E-state index in [4.69, 9.17) is 11.6 Å². The van der Waals surface area contributed by atoms with Gasteiger partial charge >= 0.3 is 0 Å². The Kier molecular flexibility index (Phi) is 3.14. The number of phenolic OH excluding ortho intramolecular Hbond substituents is 1. The minimum Gasteiger partial charge on any atom is -0.508 e. The van der Waals surface area contributed by atoms with E-state index in [0.29, 0.717) is 16.8 Å². The first kappa shape index (κ1) is 10.7. The predicted octanol–water partition coefficient (Wildman–Crippen LogP) is 1.45. The van der Waals surface area contributed by atoms with E-state index >= 15 is 0 Å². The van der Waals surface area contributed by atoms with Gasteiger partial charge in [-0.1, -0.05) is 11.6 Å². The van der Waals surface area contributed by atoms with Crippen molar-refractivity contribution in [2.24, 2.45) is 0 Å². The molecule has 0 aliphatic carbocycles. The van der Waals surface area contributed by atoms with E-state index in [9.17, 15) is 5.11 Å². The quantitative estimate of drug-likeness (QED) is 0.819. The van der Waals surface area contributed by atoms with Crippen LogP contribution in [0, 0.1) is 0 Å². The lowest BCUT2D eigenvalue weighted by Crippen LogP contribution is -2.55. The number of nitrogens with one attached hydrogen (secondary N) is 1. The molecular weight excluding hydrogens is 212 g/mol. The van der Waals surface area contributed by atoms with Crippen LogP contribution in [-0.2, 0) is 6.54 Å². The molecule has 0 amide bonds. The summed E-state index contributed by atoms with van der Waals surface area (Å²) in [6.45, 7) is 2.79. The van der Waals surface area contributed by atoms with E-state index in [-0.39, 0.29) is 0 Å². The Morgan fingerprint density at radius 3 is 2.87 bits per heavy atom. The second kappa shape index (κ2) is 4.39. The molecule has 0 radical (unpaired) electrons. The summed E-state index contributed by atoms with van der Waals surface area (Å²) in [5, 5.41) is 13.5. The highest BCUT2D eigenvalue weighted by atomic mass is 35.5. The number of halogens is 1. The molecule has 0 aromatic heterocycles. The van der Waals surface area contributed by atoms with Crippen LogP contribution < -0.4 is 5.32 Å². The summed E-state index contributed by atoms with van der Waals surface area (Å²) >= 11 is 5.89. The number of nitrogens with zero attached hydrogens (tertiary/aromatic N) is 1. The highest BCUT2D eigenvalue weighted by Gasteiger charge is 2.21. The third-order valence-corrected chi connectivity index (χ3v) is 3.08. The molecule has 1 saturated heterocycles. The molecule has 82 valence electrons. The first-order valence-electron chi connectivity index (χ1n) is 5.05. The molecule has 0 atom stereocenters. The Hall–Kier alpha value is -0.770. The molecule has 1 fully saturated rings. The Balaban J connectivity index is 2.05. The zero-order valence-corrected chi connectivity index (χ0v) is 9.46. The lowest BCUT2D eigenvalue weighted by Gasteiger charge is -2.35. The summed E-state index contributed by atoms with van der Waals surface area (Å²) in [4.78, 5) is 2.22. The Bertz CT molecular complexity index is 352. The van der Waals surface area contributed by atoms with Crippen LogP contribution in [0.1, 0.15) is 5.56 Å². The molecule has 1 aliphatic heterocycles. The summed E-state index contributed by atoms with van der Waals surface area (Å²) in [6, 6.07) is 5.73. The molecule has 2 N–H and O–H groups in total. The van der Waals surface area contributed by atoms with Crippen molar-refractivity contribution in [1.82, 2.24) is 10.2 Å². The highest BCUT2D eigenvalue weighted by molar-refractivity contribution is 6.30. The Labute approximate surface area is 94.7 Å². The van der Waals surface area contributed by atoms with Gasteiger partial charge in [-0.15, -0.1) is 0 Å². The molecule has 0 saturated carbocycles. The van der Waals surface area contributed by atoms with Gasteiger partial charge in [0.2, 0.25) is 0 Å². The van der Waals surface area contributed by atoms with Gasteiger partial charge in [0.15, 0.2) is 0 Å². The average Bonchev–Trinajstić information content (AvgIpc) is 2.08. The third kappa shape index (κ3) is 2.43. The fraction of sp³-hybridized carbons (Fsp3) is 0.455. The van der Waals surface area contributed by atoms with Gasteiger partial charge in [0.05, 0.1) is 0 Å². The van der Waals surface area contributed by atoms with Gasteiger partial charge in [-0.3, -0.25) is 4.90 Å². The second-order valence-electron chi connectivity index (χ2n) is 4.00. The van der Waals surface area contributed by atoms with Crippen LogP contribution in [0.5, 0.6) is 5.75 Å². The van der Waals surface area contributed by atoms with E-state index in [1.807, 2.05) is 6.07 Å². The fourth-order valence-electron chi connectivity index (χ4n) is 1.66. The maximum Gasteiger partial charge on any atom is 0.120 e. The molecule has 2 rings (SSSR count). The largest absolute Gasteiger partial charge is 0.508 e. The van der Waals surface area contributed by atoms with E-state index in [0.717, 1.165) is 25.2 Å². The van der Waals surface area contributed by atoms with Gasteiger partial charge in [0, 0.05) is 36.3 Å². The SMILES string of the molecule is CN(Cc1cc(Cl)ccc1O)C1CNC1. The molecule has 0 bridgehead atoms.